The third kappa shape index (κ3) is 4.62. The van der Waals surface area contributed by atoms with Crippen molar-refractivity contribution in [3.63, 3.8) is 0 Å². The number of aryl methyl sites for hydroxylation is 1. The SMILES string of the molecule is Cc1ccc(N2CCN(CC(=O)Nc3ccccc3[N+](=O)[O-])CC2C)cc1. The van der Waals surface area contributed by atoms with Crippen LogP contribution in [0.1, 0.15) is 12.5 Å². The zero-order chi connectivity index (χ0) is 19.4. The Bertz CT molecular complexity index is 822. The van der Waals surface area contributed by atoms with Crippen LogP contribution >= 0.6 is 0 Å². The van der Waals surface area contributed by atoms with E-state index in [-0.39, 0.29) is 29.9 Å². The number of nitro groups is 1. The van der Waals surface area contributed by atoms with E-state index in [0.717, 1.165) is 19.6 Å². The molecule has 2 aromatic rings. The van der Waals surface area contributed by atoms with Crippen molar-refractivity contribution >= 4 is 23.0 Å². The topological polar surface area (TPSA) is 78.7 Å². The van der Waals surface area contributed by atoms with Gasteiger partial charge in [-0.05, 0) is 32.0 Å². The van der Waals surface area contributed by atoms with Gasteiger partial charge in [-0.3, -0.25) is 19.8 Å². The molecule has 1 fully saturated rings. The van der Waals surface area contributed by atoms with Crippen molar-refractivity contribution < 1.29 is 9.72 Å². The molecule has 7 heteroatoms. The van der Waals surface area contributed by atoms with Crippen LogP contribution in [0.25, 0.3) is 0 Å². The molecule has 0 aliphatic carbocycles. The standard InChI is InChI=1S/C20H24N4O3/c1-15-7-9-17(10-8-15)23-12-11-22(13-16(23)2)14-20(25)21-18-5-3-4-6-19(18)24(26)27/h3-10,16H,11-14H2,1-2H3,(H,21,25). The molecule has 2 aromatic carbocycles. The van der Waals surface area contributed by atoms with Crippen molar-refractivity contribution in [1.29, 1.82) is 0 Å². The van der Waals surface area contributed by atoms with Crippen molar-refractivity contribution in [1.82, 2.24) is 4.90 Å². The molecular formula is C20H24N4O3. The van der Waals surface area contributed by atoms with Crippen LogP contribution in [0, 0.1) is 17.0 Å². The first-order valence-corrected chi connectivity index (χ1v) is 9.03. The second-order valence-corrected chi connectivity index (χ2v) is 6.94. The van der Waals surface area contributed by atoms with Crippen molar-refractivity contribution in [3.8, 4) is 0 Å². The minimum Gasteiger partial charge on any atom is -0.366 e. The highest BCUT2D eigenvalue weighted by Gasteiger charge is 2.25. The maximum atomic E-state index is 12.4. The monoisotopic (exact) mass is 368 g/mol. The van der Waals surface area contributed by atoms with Gasteiger partial charge in [0.2, 0.25) is 5.91 Å². The summed E-state index contributed by atoms with van der Waals surface area (Å²) in [5, 5.41) is 13.7. The molecule has 7 nitrogen and oxygen atoms in total. The van der Waals surface area contributed by atoms with E-state index in [1.165, 1.54) is 17.3 Å². The normalized spacial score (nSPS) is 17.6. The largest absolute Gasteiger partial charge is 0.366 e. The lowest BCUT2D eigenvalue weighted by Gasteiger charge is -2.41. The fraction of sp³-hybridized carbons (Fsp3) is 0.350. The van der Waals surface area contributed by atoms with Crippen LogP contribution < -0.4 is 10.2 Å². The summed E-state index contributed by atoms with van der Waals surface area (Å²) in [7, 11) is 0. The summed E-state index contributed by atoms with van der Waals surface area (Å²) in [6, 6.07) is 14.9. The molecule has 1 amide bonds. The highest BCUT2D eigenvalue weighted by molar-refractivity contribution is 5.94. The number of nitrogens with one attached hydrogen (secondary N) is 1. The van der Waals surface area contributed by atoms with E-state index >= 15 is 0 Å². The molecule has 0 saturated carbocycles. The average Bonchev–Trinajstić information content (AvgIpc) is 2.63. The van der Waals surface area contributed by atoms with E-state index in [2.05, 4.69) is 53.2 Å². The Labute approximate surface area is 158 Å². The second-order valence-electron chi connectivity index (χ2n) is 6.94. The second kappa shape index (κ2) is 8.18. The van der Waals surface area contributed by atoms with Gasteiger partial charge in [-0.2, -0.15) is 0 Å². The Morgan fingerprint density at radius 2 is 1.89 bits per heavy atom. The number of rotatable bonds is 5. The molecule has 1 saturated heterocycles. The first-order chi connectivity index (χ1) is 12.9. The quantitative estimate of drug-likeness (QED) is 0.648. The van der Waals surface area contributed by atoms with Gasteiger partial charge in [0, 0.05) is 37.4 Å². The molecule has 0 aromatic heterocycles. The number of hydrogen-bond acceptors (Lipinski definition) is 5. The highest BCUT2D eigenvalue weighted by Crippen LogP contribution is 2.24. The van der Waals surface area contributed by atoms with Crippen LogP contribution in [-0.4, -0.2) is 48.0 Å². The smallest absolute Gasteiger partial charge is 0.292 e. The number of carbonyl (C=O) groups is 1. The first-order valence-electron chi connectivity index (χ1n) is 9.03. The third-order valence-corrected chi connectivity index (χ3v) is 4.82. The van der Waals surface area contributed by atoms with Crippen LogP contribution in [0.2, 0.25) is 0 Å². The number of amides is 1. The van der Waals surface area contributed by atoms with Gasteiger partial charge >= 0.3 is 0 Å². The Hall–Kier alpha value is -2.93. The molecule has 1 heterocycles. The van der Waals surface area contributed by atoms with E-state index in [9.17, 15) is 14.9 Å². The first kappa shape index (κ1) is 18.8. The lowest BCUT2D eigenvalue weighted by Crippen LogP contribution is -2.53. The lowest BCUT2D eigenvalue weighted by atomic mass is 10.1. The minimum atomic E-state index is -0.488. The number of nitro benzene ring substituents is 1. The molecule has 27 heavy (non-hydrogen) atoms. The number of piperazine rings is 1. The Balaban J connectivity index is 1.57. The summed E-state index contributed by atoms with van der Waals surface area (Å²) in [6.07, 6.45) is 0. The summed E-state index contributed by atoms with van der Waals surface area (Å²) in [6.45, 7) is 6.80. The maximum absolute atomic E-state index is 12.4. The summed E-state index contributed by atoms with van der Waals surface area (Å²) >= 11 is 0. The number of anilines is 2. The molecular weight excluding hydrogens is 344 g/mol. The molecule has 142 valence electrons. The number of benzene rings is 2. The Kier molecular flexibility index (Phi) is 5.71. The van der Waals surface area contributed by atoms with E-state index in [0.29, 0.717) is 0 Å². The van der Waals surface area contributed by atoms with Crippen LogP contribution in [0.4, 0.5) is 17.1 Å². The van der Waals surface area contributed by atoms with E-state index in [1.807, 2.05) is 0 Å². The zero-order valence-electron chi connectivity index (χ0n) is 15.6. The number of carbonyl (C=O) groups excluding carboxylic acids is 1. The number of hydrogen-bond donors (Lipinski definition) is 1. The summed E-state index contributed by atoms with van der Waals surface area (Å²) in [4.78, 5) is 27.4. The van der Waals surface area contributed by atoms with Crippen LogP contribution in [-0.2, 0) is 4.79 Å². The number of nitrogens with zero attached hydrogens (tertiary/aromatic N) is 3. The van der Waals surface area contributed by atoms with Gasteiger partial charge in [-0.1, -0.05) is 29.8 Å². The van der Waals surface area contributed by atoms with Gasteiger partial charge in [0.25, 0.3) is 5.69 Å². The van der Waals surface area contributed by atoms with Gasteiger partial charge in [0.05, 0.1) is 11.5 Å². The highest BCUT2D eigenvalue weighted by atomic mass is 16.6. The maximum Gasteiger partial charge on any atom is 0.292 e. The third-order valence-electron chi connectivity index (χ3n) is 4.82. The average molecular weight is 368 g/mol. The zero-order valence-corrected chi connectivity index (χ0v) is 15.6. The van der Waals surface area contributed by atoms with Crippen molar-refractivity contribution in [2.75, 3.05) is 36.4 Å². The van der Waals surface area contributed by atoms with Gasteiger partial charge in [0.15, 0.2) is 0 Å². The van der Waals surface area contributed by atoms with E-state index < -0.39 is 4.92 Å². The van der Waals surface area contributed by atoms with Crippen LogP contribution in [0.3, 0.4) is 0 Å². The molecule has 3 rings (SSSR count). The van der Waals surface area contributed by atoms with Gasteiger partial charge < -0.3 is 10.2 Å². The molecule has 0 radical (unpaired) electrons. The molecule has 0 bridgehead atoms. The predicted molar refractivity (Wildman–Crippen MR) is 106 cm³/mol. The van der Waals surface area contributed by atoms with Crippen molar-refractivity contribution in [3.05, 3.63) is 64.2 Å². The van der Waals surface area contributed by atoms with Crippen LogP contribution in [0.5, 0.6) is 0 Å². The molecule has 1 aliphatic rings. The van der Waals surface area contributed by atoms with Crippen molar-refractivity contribution in [2.24, 2.45) is 0 Å². The lowest BCUT2D eigenvalue weighted by molar-refractivity contribution is -0.383. The van der Waals surface area contributed by atoms with Gasteiger partial charge in [-0.25, -0.2) is 0 Å². The van der Waals surface area contributed by atoms with Crippen molar-refractivity contribution in [2.45, 2.75) is 19.9 Å². The van der Waals surface area contributed by atoms with E-state index in [4.69, 9.17) is 0 Å². The van der Waals surface area contributed by atoms with E-state index in [1.54, 1.807) is 18.2 Å². The molecule has 1 unspecified atom stereocenters. The Morgan fingerprint density at radius 1 is 1.19 bits per heavy atom. The molecule has 1 atom stereocenters. The molecule has 1 N–H and O–H groups in total. The summed E-state index contributed by atoms with van der Waals surface area (Å²) in [5.74, 6) is -0.236. The minimum absolute atomic E-state index is 0.0941. The van der Waals surface area contributed by atoms with Gasteiger partial charge in [-0.15, -0.1) is 0 Å². The van der Waals surface area contributed by atoms with Gasteiger partial charge in [0.1, 0.15) is 5.69 Å². The fourth-order valence-corrected chi connectivity index (χ4v) is 3.43. The molecule has 1 aliphatic heterocycles. The predicted octanol–water partition coefficient (Wildman–Crippen LogP) is 3.05. The van der Waals surface area contributed by atoms with Crippen LogP contribution in [0.15, 0.2) is 48.5 Å². The summed E-state index contributed by atoms with van der Waals surface area (Å²) < 4.78 is 0. The summed E-state index contributed by atoms with van der Waals surface area (Å²) in [5.41, 5.74) is 2.57. The Morgan fingerprint density at radius 3 is 2.56 bits per heavy atom. The fourth-order valence-electron chi connectivity index (χ4n) is 3.43. The molecule has 0 spiro atoms. The number of para-hydroxylation sites is 2.